The summed E-state index contributed by atoms with van der Waals surface area (Å²) in [6, 6.07) is 13.2. The van der Waals surface area contributed by atoms with Crippen LogP contribution >= 0.6 is 0 Å². The largest absolute Gasteiger partial charge is 1.00 e. The SMILES string of the molecule is O=[N+]([O-])c1cc([N+](=O)[O-])c([N]N(c2ccccc2)c2ccc(S(=O)(=O)[O-])cc2)c([N+](=O)[O-])c1.[Na+]. The van der Waals surface area contributed by atoms with Gasteiger partial charge in [-0.15, -0.1) is 0 Å². The predicted octanol–water partition coefficient (Wildman–Crippen LogP) is 0.308. The van der Waals surface area contributed by atoms with Gasteiger partial charge in [-0.3, -0.25) is 30.3 Å². The van der Waals surface area contributed by atoms with Gasteiger partial charge < -0.3 is 4.55 Å². The predicted molar refractivity (Wildman–Crippen MR) is 111 cm³/mol. The van der Waals surface area contributed by atoms with Crippen molar-refractivity contribution in [2.75, 3.05) is 5.01 Å². The quantitative estimate of drug-likeness (QED) is 0.181. The summed E-state index contributed by atoms with van der Waals surface area (Å²) in [5, 5.41) is 35.2. The van der Waals surface area contributed by atoms with E-state index in [0.717, 1.165) is 17.1 Å². The van der Waals surface area contributed by atoms with Crippen LogP contribution in [0.3, 0.4) is 0 Å². The molecule has 1 radical (unpaired) electrons. The smallest absolute Gasteiger partial charge is 0.744 e. The van der Waals surface area contributed by atoms with Gasteiger partial charge in [0.1, 0.15) is 10.1 Å². The molecular formula is C18H11N5NaO9S. The third-order valence-electron chi connectivity index (χ3n) is 4.23. The number of para-hydroxylation sites is 1. The molecule has 14 nitrogen and oxygen atoms in total. The molecule has 169 valence electrons. The van der Waals surface area contributed by atoms with Crippen LogP contribution in [-0.4, -0.2) is 27.7 Å². The maximum Gasteiger partial charge on any atom is 1.00 e. The number of anilines is 2. The molecule has 0 aliphatic rings. The number of hydrogen-bond acceptors (Lipinski definition) is 10. The van der Waals surface area contributed by atoms with Gasteiger partial charge in [0.2, 0.25) is 5.69 Å². The Morgan fingerprint density at radius 2 is 1.21 bits per heavy atom. The molecule has 3 rings (SSSR count). The molecule has 3 aromatic carbocycles. The van der Waals surface area contributed by atoms with Crippen molar-refractivity contribution in [2.24, 2.45) is 0 Å². The van der Waals surface area contributed by atoms with Crippen molar-refractivity contribution < 1.29 is 57.3 Å². The molecule has 0 aliphatic heterocycles. The van der Waals surface area contributed by atoms with E-state index >= 15 is 0 Å². The van der Waals surface area contributed by atoms with Crippen molar-refractivity contribution in [3.63, 3.8) is 0 Å². The van der Waals surface area contributed by atoms with Gasteiger partial charge in [0, 0.05) is 0 Å². The van der Waals surface area contributed by atoms with E-state index in [-0.39, 0.29) is 40.9 Å². The van der Waals surface area contributed by atoms with Gasteiger partial charge in [0.15, 0.2) is 0 Å². The molecule has 0 aliphatic carbocycles. The van der Waals surface area contributed by atoms with Gasteiger partial charge in [0.25, 0.3) is 5.69 Å². The summed E-state index contributed by atoms with van der Waals surface area (Å²) in [4.78, 5) is 30.6. The van der Waals surface area contributed by atoms with Crippen LogP contribution in [0.5, 0.6) is 0 Å². The summed E-state index contributed by atoms with van der Waals surface area (Å²) in [6.07, 6.45) is 0. The maximum atomic E-state index is 11.6. The molecule has 0 unspecified atom stereocenters. The van der Waals surface area contributed by atoms with Gasteiger partial charge in [-0.2, -0.15) is 5.43 Å². The Balaban J connectivity index is 0.00000408. The first-order chi connectivity index (χ1) is 15.5. The van der Waals surface area contributed by atoms with Crippen molar-refractivity contribution in [1.82, 2.24) is 5.43 Å². The topological polar surface area (TPSA) is 204 Å². The van der Waals surface area contributed by atoms with Crippen molar-refractivity contribution in [1.29, 1.82) is 0 Å². The van der Waals surface area contributed by atoms with Crippen LogP contribution in [0, 0.1) is 30.3 Å². The van der Waals surface area contributed by atoms with Gasteiger partial charge in [-0.1, -0.05) is 18.2 Å². The normalized spacial score (nSPS) is 10.6. The summed E-state index contributed by atoms with van der Waals surface area (Å²) in [7, 11) is -4.76. The molecule has 0 saturated carbocycles. The summed E-state index contributed by atoms with van der Waals surface area (Å²) >= 11 is 0. The second kappa shape index (κ2) is 10.5. The molecule has 16 heteroatoms. The zero-order valence-electron chi connectivity index (χ0n) is 17.2. The van der Waals surface area contributed by atoms with E-state index in [4.69, 9.17) is 0 Å². The molecule has 0 amide bonds. The summed E-state index contributed by atoms with van der Waals surface area (Å²) in [5.74, 6) is 0. The number of hydrogen-bond donors (Lipinski definition) is 0. The average Bonchev–Trinajstić information content (AvgIpc) is 2.76. The third kappa shape index (κ3) is 5.83. The first-order valence-corrected chi connectivity index (χ1v) is 10.1. The minimum atomic E-state index is -4.76. The molecule has 0 atom stereocenters. The number of benzene rings is 3. The van der Waals surface area contributed by atoms with Crippen molar-refractivity contribution >= 4 is 44.2 Å². The Morgan fingerprint density at radius 1 is 0.735 bits per heavy atom. The van der Waals surface area contributed by atoms with Crippen LogP contribution < -0.4 is 40.0 Å². The van der Waals surface area contributed by atoms with E-state index in [0.29, 0.717) is 12.1 Å². The Hall–Kier alpha value is -3.63. The third-order valence-corrected chi connectivity index (χ3v) is 5.08. The summed E-state index contributed by atoms with van der Waals surface area (Å²) in [5.41, 5.74) is 0.758. The molecule has 0 bridgehead atoms. The van der Waals surface area contributed by atoms with E-state index in [9.17, 15) is 43.3 Å². The minimum absolute atomic E-state index is 0. The molecule has 0 saturated heterocycles. The molecule has 0 heterocycles. The zero-order chi connectivity index (χ0) is 24.3. The molecule has 34 heavy (non-hydrogen) atoms. The molecule has 3 aromatic rings. The summed E-state index contributed by atoms with van der Waals surface area (Å²) in [6.45, 7) is 0. The van der Waals surface area contributed by atoms with E-state index in [2.05, 4.69) is 5.43 Å². The van der Waals surface area contributed by atoms with Crippen LogP contribution in [0.15, 0.2) is 71.6 Å². The van der Waals surface area contributed by atoms with Gasteiger partial charge in [-0.25, -0.2) is 13.4 Å². The molecular weight excluding hydrogens is 485 g/mol. The van der Waals surface area contributed by atoms with Crippen molar-refractivity contribution in [3.05, 3.63) is 97.1 Å². The maximum absolute atomic E-state index is 11.6. The Kier molecular flexibility index (Phi) is 8.25. The van der Waals surface area contributed by atoms with Crippen LogP contribution in [-0.2, 0) is 10.1 Å². The van der Waals surface area contributed by atoms with Crippen LogP contribution in [0.25, 0.3) is 0 Å². The van der Waals surface area contributed by atoms with Crippen LogP contribution in [0.4, 0.5) is 34.1 Å². The van der Waals surface area contributed by atoms with Crippen molar-refractivity contribution in [2.45, 2.75) is 4.90 Å². The fraction of sp³-hybridized carbons (Fsp3) is 0. The van der Waals surface area contributed by atoms with Gasteiger partial charge in [-0.05, 0) is 36.4 Å². The fourth-order valence-electron chi connectivity index (χ4n) is 2.76. The zero-order valence-corrected chi connectivity index (χ0v) is 20.0. The minimum Gasteiger partial charge on any atom is -0.744 e. The van der Waals surface area contributed by atoms with Gasteiger partial charge >= 0.3 is 40.9 Å². The number of nitro groups is 3. The van der Waals surface area contributed by atoms with Crippen molar-refractivity contribution in [3.8, 4) is 0 Å². The molecule has 0 fully saturated rings. The Bertz CT molecular complexity index is 1320. The number of non-ortho nitro benzene ring substituents is 1. The average molecular weight is 496 g/mol. The molecule has 0 N–H and O–H groups in total. The second-order valence-corrected chi connectivity index (χ2v) is 7.68. The monoisotopic (exact) mass is 496 g/mol. The second-order valence-electron chi connectivity index (χ2n) is 6.30. The van der Waals surface area contributed by atoms with E-state index in [1.165, 1.54) is 24.3 Å². The fourth-order valence-corrected chi connectivity index (χ4v) is 3.23. The molecule has 0 spiro atoms. The number of rotatable bonds is 8. The Morgan fingerprint density at radius 3 is 1.62 bits per heavy atom. The standard InChI is InChI=1S/C18H12N5O9S.Na/c24-21(25)14-10-16(22(26)27)18(17(11-14)23(28)29)19-20(12-4-2-1-3-5-12)13-6-8-15(9-7-13)33(30,31)32;/h1-11H,(H,30,31,32);/q;+1/p-1. The first-order valence-electron chi connectivity index (χ1n) is 8.73. The van der Waals surface area contributed by atoms with Crippen LogP contribution in [0.2, 0.25) is 0 Å². The van der Waals surface area contributed by atoms with Crippen LogP contribution in [0.1, 0.15) is 0 Å². The number of nitrogens with zero attached hydrogens (tertiary/aromatic N) is 5. The summed E-state index contributed by atoms with van der Waals surface area (Å²) < 4.78 is 33.6. The van der Waals surface area contributed by atoms with Gasteiger partial charge in [0.05, 0.1) is 43.2 Å². The van der Waals surface area contributed by atoms with E-state index < -0.39 is 52.5 Å². The first kappa shape index (κ1) is 26.6. The number of nitro benzene ring substituents is 3. The molecule has 0 aromatic heterocycles. The Labute approximate surface area is 213 Å². The van der Waals surface area contributed by atoms with E-state index in [1.807, 2.05) is 0 Å². The van der Waals surface area contributed by atoms with E-state index in [1.54, 1.807) is 18.2 Å².